The Labute approximate surface area is 126 Å². The molecule has 3 N–H and O–H groups in total. The molecule has 0 aliphatic rings. The van der Waals surface area contributed by atoms with Gasteiger partial charge in [0.25, 0.3) is 16.0 Å². The highest BCUT2D eigenvalue weighted by Crippen LogP contribution is 2.25. The number of sulfonamides is 1. The Balaban J connectivity index is 2.52. The number of carbonyl (C=O) groups is 1. The van der Waals surface area contributed by atoms with Crippen LogP contribution in [0.25, 0.3) is 0 Å². The van der Waals surface area contributed by atoms with Gasteiger partial charge in [-0.15, -0.1) is 5.10 Å². The summed E-state index contributed by atoms with van der Waals surface area (Å²) in [6.45, 7) is 1.55. The van der Waals surface area contributed by atoms with Gasteiger partial charge in [0.05, 0.1) is 5.56 Å². The maximum Gasteiger partial charge on any atom is 0.338 e. The van der Waals surface area contributed by atoms with Gasteiger partial charge in [-0.2, -0.15) is 4.98 Å². The van der Waals surface area contributed by atoms with Crippen LogP contribution in [-0.4, -0.2) is 34.7 Å². The highest BCUT2D eigenvalue weighted by molar-refractivity contribution is 9.10. The van der Waals surface area contributed by atoms with Crippen LogP contribution in [0, 0.1) is 12.7 Å². The number of aryl methyl sites for hydroxylation is 1. The lowest BCUT2D eigenvalue weighted by Crippen LogP contribution is -2.17. The third-order valence-corrected chi connectivity index (χ3v) is 4.13. The molecule has 2 aromatic rings. The van der Waals surface area contributed by atoms with Gasteiger partial charge in [-0.3, -0.25) is 5.10 Å². The number of H-pyrrole nitrogens is 1. The van der Waals surface area contributed by atoms with Crippen LogP contribution >= 0.6 is 15.9 Å². The average Bonchev–Trinajstić information content (AvgIpc) is 2.76. The molecule has 0 aliphatic heterocycles. The fourth-order valence-electron chi connectivity index (χ4n) is 1.48. The Morgan fingerprint density at radius 2 is 2.14 bits per heavy atom. The van der Waals surface area contributed by atoms with Crippen molar-refractivity contribution in [2.24, 2.45) is 0 Å². The van der Waals surface area contributed by atoms with E-state index in [1.807, 2.05) is 4.72 Å². The summed E-state index contributed by atoms with van der Waals surface area (Å²) in [5.41, 5.74) is -0.768. The van der Waals surface area contributed by atoms with Crippen molar-refractivity contribution in [2.45, 2.75) is 11.8 Å². The van der Waals surface area contributed by atoms with Crippen LogP contribution < -0.4 is 4.72 Å². The molecule has 0 aliphatic carbocycles. The molecule has 0 bridgehead atoms. The zero-order chi connectivity index (χ0) is 15.8. The number of nitrogens with one attached hydrogen (secondary N) is 2. The molecular formula is C10H8BrFN4O4S. The average molecular weight is 379 g/mol. The number of halogens is 2. The highest BCUT2D eigenvalue weighted by Gasteiger charge is 2.26. The van der Waals surface area contributed by atoms with Gasteiger partial charge in [-0.25, -0.2) is 22.3 Å². The molecule has 11 heteroatoms. The molecule has 0 saturated heterocycles. The van der Waals surface area contributed by atoms with Crippen LogP contribution in [0.5, 0.6) is 0 Å². The second-order valence-electron chi connectivity index (χ2n) is 3.92. The molecule has 8 nitrogen and oxygen atoms in total. The number of anilines is 1. The van der Waals surface area contributed by atoms with Crippen LogP contribution in [0.1, 0.15) is 16.2 Å². The Hall–Kier alpha value is -2.01. The van der Waals surface area contributed by atoms with E-state index >= 15 is 0 Å². The Morgan fingerprint density at radius 1 is 1.48 bits per heavy atom. The fourth-order valence-corrected chi connectivity index (χ4v) is 3.16. The van der Waals surface area contributed by atoms with Crippen molar-refractivity contribution in [1.82, 2.24) is 15.2 Å². The van der Waals surface area contributed by atoms with E-state index in [9.17, 15) is 17.6 Å². The maximum atomic E-state index is 14.0. The topological polar surface area (TPSA) is 125 Å². The molecule has 2 rings (SSSR count). The summed E-state index contributed by atoms with van der Waals surface area (Å²) in [4.78, 5) is 13.8. The first-order valence-electron chi connectivity index (χ1n) is 5.35. The van der Waals surface area contributed by atoms with Crippen molar-refractivity contribution in [3.05, 3.63) is 33.8 Å². The maximum absolute atomic E-state index is 14.0. The second kappa shape index (κ2) is 5.41. The van der Waals surface area contributed by atoms with Gasteiger partial charge in [0.15, 0.2) is 5.82 Å². The molecule has 1 aromatic heterocycles. The number of hydrogen-bond donors (Lipinski definition) is 3. The number of aromatic nitrogens is 3. The summed E-state index contributed by atoms with van der Waals surface area (Å²) < 4.78 is 40.3. The van der Waals surface area contributed by atoms with E-state index in [0.717, 1.165) is 12.1 Å². The second-order valence-corrected chi connectivity index (χ2v) is 6.49. The predicted molar refractivity (Wildman–Crippen MR) is 73.0 cm³/mol. The molecule has 1 aromatic carbocycles. The van der Waals surface area contributed by atoms with Gasteiger partial charge in [0.2, 0.25) is 0 Å². The van der Waals surface area contributed by atoms with Crippen LogP contribution in [0.2, 0.25) is 0 Å². The van der Waals surface area contributed by atoms with Crippen molar-refractivity contribution in [1.29, 1.82) is 0 Å². The standard InChI is InChI=1S/C10H8BrFN4O4S/c1-4-13-10(15-14-4)16-21(19,20)7-3-5(11)2-6(8(7)12)9(17)18/h2-3H,1H3,(H,17,18)(H2,13,14,15,16). The van der Waals surface area contributed by atoms with Crippen molar-refractivity contribution in [2.75, 3.05) is 4.72 Å². The molecule has 0 radical (unpaired) electrons. The monoisotopic (exact) mass is 378 g/mol. The predicted octanol–water partition coefficient (Wildman–Crippen LogP) is 1.51. The van der Waals surface area contributed by atoms with Crippen molar-refractivity contribution >= 4 is 37.9 Å². The van der Waals surface area contributed by atoms with Gasteiger partial charge in [0, 0.05) is 4.47 Å². The van der Waals surface area contributed by atoms with Gasteiger partial charge in [0.1, 0.15) is 10.7 Å². The lowest BCUT2D eigenvalue weighted by molar-refractivity contribution is 0.0691. The van der Waals surface area contributed by atoms with E-state index in [-0.39, 0.29) is 10.4 Å². The van der Waals surface area contributed by atoms with E-state index in [0.29, 0.717) is 5.82 Å². The third kappa shape index (κ3) is 3.19. The van der Waals surface area contributed by atoms with Gasteiger partial charge in [-0.05, 0) is 19.1 Å². The summed E-state index contributed by atoms with van der Waals surface area (Å²) in [5, 5.41) is 14.8. The van der Waals surface area contributed by atoms with E-state index in [4.69, 9.17) is 5.11 Å². The molecule has 0 spiro atoms. The summed E-state index contributed by atoms with van der Waals surface area (Å²) in [7, 11) is -4.37. The minimum atomic E-state index is -4.37. The van der Waals surface area contributed by atoms with Gasteiger partial charge >= 0.3 is 5.97 Å². The minimum Gasteiger partial charge on any atom is -0.478 e. The third-order valence-electron chi connectivity index (χ3n) is 2.35. The molecule has 21 heavy (non-hydrogen) atoms. The molecule has 0 saturated carbocycles. The van der Waals surface area contributed by atoms with Crippen LogP contribution in [0.15, 0.2) is 21.5 Å². The van der Waals surface area contributed by atoms with Gasteiger partial charge in [-0.1, -0.05) is 15.9 Å². The number of aromatic carboxylic acids is 1. The van der Waals surface area contributed by atoms with Crippen molar-refractivity contribution in [3.8, 4) is 0 Å². The van der Waals surface area contributed by atoms with E-state index in [1.165, 1.54) is 0 Å². The van der Waals surface area contributed by atoms with E-state index in [1.54, 1.807) is 6.92 Å². The summed E-state index contributed by atoms with van der Waals surface area (Å²) in [5.74, 6) is -2.87. The van der Waals surface area contributed by atoms with E-state index < -0.39 is 32.3 Å². The zero-order valence-corrected chi connectivity index (χ0v) is 12.8. The summed E-state index contributed by atoms with van der Waals surface area (Å²) in [6.07, 6.45) is 0. The number of carboxylic acid groups (broad SMARTS) is 1. The SMILES string of the molecule is Cc1nc(NS(=O)(=O)c2cc(Br)cc(C(=O)O)c2F)n[nH]1. The highest BCUT2D eigenvalue weighted by atomic mass is 79.9. The first-order valence-corrected chi connectivity index (χ1v) is 7.62. The smallest absolute Gasteiger partial charge is 0.338 e. The molecule has 1 heterocycles. The van der Waals surface area contributed by atoms with Crippen LogP contribution in [0.3, 0.4) is 0 Å². The van der Waals surface area contributed by atoms with Crippen LogP contribution in [0.4, 0.5) is 10.3 Å². The summed E-state index contributed by atoms with van der Waals surface area (Å²) in [6, 6.07) is 1.91. The molecule has 0 fully saturated rings. The molecule has 112 valence electrons. The number of aromatic amines is 1. The number of carboxylic acids is 1. The number of benzene rings is 1. The lowest BCUT2D eigenvalue weighted by Gasteiger charge is -2.08. The first-order chi connectivity index (χ1) is 9.70. The number of hydrogen-bond acceptors (Lipinski definition) is 5. The molecule has 0 atom stereocenters. The largest absolute Gasteiger partial charge is 0.478 e. The minimum absolute atomic E-state index is 0.104. The first kappa shape index (κ1) is 15.4. The quantitative estimate of drug-likeness (QED) is 0.740. The zero-order valence-electron chi connectivity index (χ0n) is 10.4. The number of nitrogens with zero attached hydrogens (tertiary/aromatic N) is 2. The Bertz CT molecular complexity index is 820. The normalized spacial score (nSPS) is 11.4. The number of rotatable bonds is 4. The summed E-state index contributed by atoms with van der Waals surface area (Å²) >= 11 is 2.94. The molecular weight excluding hydrogens is 371 g/mol. The van der Waals surface area contributed by atoms with Gasteiger partial charge < -0.3 is 5.11 Å². The van der Waals surface area contributed by atoms with Crippen LogP contribution in [-0.2, 0) is 10.0 Å². The van der Waals surface area contributed by atoms with Crippen molar-refractivity contribution in [3.63, 3.8) is 0 Å². The van der Waals surface area contributed by atoms with E-state index in [2.05, 4.69) is 31.1 Å². The molecule has 0 unspecified atom stereocenters. The Morgan fingerprint density at radius 3 is 2.67 bits per heavy atom. The fraction of sp³-hybridized carbons (Fsp3) is 0.100. The van der Waals surface area contributed by atoms with Crippen molar-refractivity contribution < 1.29 is 22.7 Å². The molecule has 0 amide bonds. The Kier molecular flexibility index (Phi) is 3.96. The lowest BCUT2D eigenvalue weighted by atomic mass is 10.2.